The highest BCUT2D eigenvalue weighted by molar-refractivity contribution is 5.97. The van der Waals surface area contributed by atoms with E-state index >= 15 is 0 Å². The van der Waals surface area contributed by atoms with Gasteiger partial charge in [-0.25, -0.2) is 0 Å². The first-order valence-electron chi connectivity index (χ1n) is 9.45. The Bertz CT molecular complexity index is 1020. The average Bonchev–Trinajstić information content (AvgIpc) is 2.76. The number of nitrogens with one attached hydrogen (secondary N) is 1. The molecule has 146 valence electrons. The molecule has 0 unspecified atom stereocenters. The maximum absolute atomic E-state index is 11.6. The fraction of sp³-hybridized carbons (Fsp3) is 0.167. The molecule has 0 fully saturated rings. The highest BCUT2D eigenvalue weighted by atomic mass is 16.3. The number of hydrogen-bond donors (Lipinski definition) is 3. The van der Waals surface area contributed by atoms with E-state index in [4.69, 9.17) is 10.8 Å². The monoisotopic (exact) mass is 385 g/mol. The molecule has 0 saturated heterocycles. The van der Waals surface area contributed by atoms with Crippen LogP contribution in [-0.4, -0.2) is 29.1 Å². The molecule has 1 amide bonds. The van der Waals surface area contributed by atoms with Crippen molar-refractivity contribution in [3.8, 4) is 23.0 Å². The van der Waals surface area contributed by atoms with Gasteiger partial charge >= 0.3 is 0 Å². The lowest BCUT2D eigenvalue weighted by Gasteiger charge is -2.05. The molecular weight excluding hydrogens is 362 g/mol. The Morgan fingerprint density at radius 3 is 2.28 bits per heavy atom. The highest BCUT2D eigenvalue weighted by Gasteiger charge is 2.10. The van der Waals surface area contributed by atoms with Gasteiger partial charge in [0.15, 0.2) is 0 Å². The third kappa shape index (κ3) is 5.76. The third-order valence-corrected chi connectivity index (χ3v) is 4.38. The SMILES string of the molecule is NC(=O)c1ncccc1-c1ccc(C#Cc2ccc(CNCCCO)cc2)cc1. The lowest BCUT2D eigenvalue weighted by atomic mass is 10.0. The number of carbonyl (C=O) groups is 1. The molecule has 4 N–H and O–H groups in total. The summed E-state index contributed by atoms with van der Waals surface area (Å²) in [6, 6.07) is 19.4. The van der Waals surface area contributed by atoms with Crippen molar-refractivity contribution < 1.29 is 9.90 Å². The van der Waals surface area contributed by atoms with Crippen molar-refractivity contribution in [3.63, 3.8) is 0 Å². The van der Waals surface area contributed by atoms with E-state index in [1.54, 1.807) is 12.3 Å². The second-order valence-electron chi connectivity index (χ2n) is 6.54. The Hall–Kier alpha value is -3.46. The number of aromatic nitrogens is 1. The molecule has 0 aliphatic rings. The van der Waals surface area contributed by atoms with E-state index in [1.807, 2.05) is 54.6 Å². The lowest BCUT2D eigenvalue weighted by molar-refractivity contribution is 0.0996. The molecule has 5 nitrogen and oxygen atoms in total. The third-order valence-electron chi connectivity index (χ3n) is 4.38. The smallest absolute Gasteiger partial charge is 0.267 e. The molecule has 1 heterocycles. The molecule has 0 radical (unpaired) electrons. The number of benzene rings is 2. The van der Waals surface area contributed by atoms with Crippen LogP contribution in [0.25, 0.3) is 11.1 Å². The Kier molecular flexibility index (Phi) is 7.12. The number of amides is 1. The van der Waals surface area contributed by atoms with Gasteiger partial charge in [0.05, 0.1) is 0 Å². The van der Waals surface area contributed by atoms with Crippen LogP contribution in [0.4, 0.5) is 0 Å². The molecule has 0 bridgehead atoms. The van der Waals surface area contributed by atoms with E-state index in [2.05, 4.69) is 22.1 Å². The number of aliphatic hydroxyl groups is 1. The number of nitrogens with zero attached hydrogens (tertiary/aromatic N) is 1. The summed E-state index contributed by atoms with van der Waals surface area (Å²) in [6.07, 6.45) is 2.31. The predicted molar refractivity (Wildman–Crippen MR) is 114 cm³/mol. The quantitative estimate of drug-likeness (QED) is 0.431. The van der Waals surface area contributed by atoms with Crippen LogP contribution in [0.2, 0.25) is 0 Å². The van der Waals surface area contributed by atoms with Crippen LogP contribution in [-0.2, 0) is 6.54 Å². The number of rotatable bonds is 7. The second-order valence-corrected chi connectivity index (χ2v) is 6.54. The van der Waals surface area contributed by atoms with Gasteiger partial charge in [-0.3, -0.25) is 9.78 Å². The largest absolute Gasteiger partial charge is 0.396 e. The van der Waals surface area contributed by atoms with Crippen LogP contribution in [0.1, 0.15) is 33.6 Å². The van der Waals surface area contributed by atoms with E-state index < -0.39 is 5.91 Å². The first-order valence-corrected chi connectivity index (χ1v) is 9.45. The Balaban J connectivity index is 1.67. The van der Waals surface area contributed by atoms with Crippen LogP contribution >= 0.6 is 0 Å². The molecule has 0 atom stereocenters. The van der Waals surface area contributed by atoms with Crippen LogP contribution < -0.4 is 11.1 Å². The maximum Gasteiger partial charge on any atom is 0.267 e. The Morgan fingerprint density at radius 1 is 1.00 bits per heavy atom. The molecule has 0 saturated carbocycles. The number of aliphatic hydroxyl groups excluding tert-OH is 1. The molecule has 5 heteroatoms. The number of hydrogen-bond acceptors (Lipinski definition) is 4. The first kappa shape index (κ1) is 20.3. The molecule has 3 rings (SSSR count). The molecule has 0 aliphatic carbocycles. The normalized spacial score (nSPS) is 10.2. The highest BCUT2D eigenvalue weighted by Crippen LogP contribution is 2.22. The molecule has 3 aromatic rings. The summed E-state index contributed by atoms with van der Waals surface area (Å²) in [5.74, 6) is 5.77. The fourth-order valence-corrected chi connectivity index (χ4v) is 2.85. The molecule has 0 spiro atoms. The van der Waals surface area contributed by atoms with Gasteiger partial charge in [-0.2, -0.15) is 0 Å². The fourth-order valence-electron chi connectivity index (χ4n) is 2.85. The number of nitrogens with two attached hydrogens (primary N) is 1. The zero-order valence-corrected chi connectivity index (χ0v) is 16.1. The Morgan fingerprint density at radius 2 is 1.66 bits per heavy atom. The predicted octanol–water partition coefficient (Wildman–Crippen LogP) is 2.72. The maximum atomic E-state index is 11.6. The van der Waals surface area contributed by atoms with Crippen molar-refractivity contribution in [2.75, 3.05) is 13.2 Å². The summed E-state index contributed by atoms with van der Waals surface area (Å²) in [4.78, 5) is 15.6. The summed E-state index contributed by atoms with van der Waals surface area (Å²) in [7, 11) is 0. The van der Waals surface area contributed by atoms with Gasteiger partial charge in [0.1, 0.15) is 5.69 Å². The topological polar surface area (TPSA) is 88.2 Å². The van der Waals surface area contributed by atoms with Gasteiger partial charge < -0.3 is 16.2 Å². The van der Waals surface area contributed by atoms with Gasteiger partial charge in [-0.05, 0) is 54.4 Å². The van der Waals surface area contributed by atoms with Gasteiger partial charge in [-0.1, -0.05) is 42.2 Å². The molecular formula is C24H23N3O2. The van der Waals surface area contributed by atoms with Crippen molar-refractivity contribution in [1.82, 2.24) is 10.3 Å². The van der Waals surface area contributed by atoms with Crippen molar-refractivity contribution in [2.45, 2.75) is 13.0 Å². The van der Waals surface area contributed by atoms with Crippen molar-refractivity contribution in [1.29, 1.82) is 0 Å². The van der Waals surface area contributed by atoms with Gasteiger partial charge in [0.25, 0.3) is 5.91 Å². The standard InChI is InChI=1S/C24H23N3O2/c25-24(29)23-22(3-1-15-27-23)21-12-10-19(11-13-21)5-4-18-6-8-20(9-7-18)17-26-14-2-16-28/h1,3,6-13,15,26,28H,2,14,16-17H2,(H2,25,29). The molecule has 1 aromatic heterocycles. The lowest BCUT2D eigenvalue weighted by Crippen LogP contribution is -2.15. The van der Waals surface area contributed by atoms with Gasteiger partial charge in [0, 0.05) is 36.0 Å². The van der Waals surface area contributed by atoms with E-state index in [0.717, 1.165) is 36.2 Å². The van der Waals surface area contributed by atoms with Crippen LogP contribution in [0.3, 0.4) is 0 Å². The summed E-state index contributed by atoms with van der Waals surface area (Å²) in [5.41, 5.74) is 10.3. The van der Waals surface area contributed by atoms with Crippen LogP contribution in [0.5, 0.6) is 0 Å². The average molecular weight is 385 g/mol. The van der Waals surface area contributed by atoms with E-state index in [1.165, 1.54) is 5.56 Å². The zero-order chi connectivity index (χ0) is 20.5. The van der Waals surface area contributed by atoms with Crippen LogP contribution in [0, 0.1) is 11.8 Å². The van der Waals surface area contributed by atoms with Crippen molar-refractivity contribution in [2.24, 2.45) is 5.73 Å². The van der Waals surface area contributed by atoms with E-state index in [-0.39, 0.29) is 12.3 Å². The van der Waals surface area contributed by atoms with Crippen molar-refractivity contribution in [3.05, 3.63) is 89.2 Å². The number of primary amides is 1. The minimum atomic E-state index is -0.545. The summed E-state index contributed by atoms with van der Waals surface area (Å²) in [6.45, 7) is 1.78. The summed E-state index contributed by atoms with van der Waals surface area (Å²) < 4.78 is 0. The summed E-state index contributed by atoms with van der Waals surface area (Å²) in [5, 5.41) is 12.1. The minimum absolute atomic E-state index is 0.205. The molecule has 2 aromatic carbocycles. The zero-order valence-electron chi connectivity index (χ0n) is 16.1. The Labute approximate surface area is 170 Å². The second kappa shape index (κ2) is 10.2. The van der Waals surface area contributed by atoms with Crippen LogP contribution in [0.15, 0.2) is 66.9 Å². The minimum Gasteiger partial charge on any atom is -0.396 e. The van der Waals surface area contributed by atoms with Gasteiger partial charge in [-0.15, -0.1) is 0 Å². The van der Waals surface area contributed by atoms with Crippen molar-refractivity contribution >= 4 is 5.91 Å². The van der Waals surface area contributed by atoms with E-state index in [9.17, 15) is 4.79 Å². The molecule has 29 heavy (non-hydrogen) atoms. The first-order chi connectivity index (χ1) is 14.2. The van der Waals surface area contributed by atoms with E-state index in [0.29, 0.717) is 5.56 Å². The summed E-state index contributed by atoms with van der Waals surface area (Å²) >= 11 is 0. The van der Waals surface area contributed by atoms with Gasteiger partial charge in [0.2, 0.25) is 0 Å². The number of carbonyl (C=O) groups excluding carboxylic acids is 1. The molecule has 0 aliphatic heterocycles. The number of pyridine rings is 1.